The lowest BCUT2D eigenvalue weighted by Crippen LogP contribution is -2.43. The highest BCUT2D eigenvalue weighted by Crippen LogP contribution is 2.21. The molecular formula is C17H29N5O. The van der Waals surface area contributed by atoms with Crippen LogP contribution in [0.5, 0.6) is 0 Å². The number of piperidine rings is 1. The summed E-state index contributed by atoms with van der Waals surface area (Å²) in [4.78, 5) is 22.4. The molecule has 1 aromatic heterocycles. The highest BCUT2D eigenvalue weighted by Gasteiger charge is 2.21. The van der Waals surface area contributed by atoms with Crippen molar-refractivity contribution in [2.75, 3.05) is 25.0 Å². The molecule has 0 aliphatic carbocycles. The first kappa shape index (κ1) is 17.7. The van der Waals surface area contributed by atoms with Crippen LogP contribution in [0.25, 0.3) is 0 Å². The maximum Gasteiger partial charge on any atom is 0.231 e. The Morgan fingerprint density at radius 1 is 1.26 bits per heavy atom. The quantitative estimate of drug-likeness (QED) is 0.838. The number of nitrogens with one attached hydrogen (secondary N) is 1. The van der Waals surface area contributed by atoms with E-state index < -0.39 is 0 Å². The van der Waals surface area contributed by atoms with Crippen molar-refractivity contribution in [2.24, 2.45) is 5.73 Å². The van der Waals surface area contributed by atoms with Crippen LogP contribution in [0.15, 0.2) is 6.07 Å². The number of likely N-dealkylation sites (tertiary alicyclic amines) is 1. The molecule has 0 radical (unpaired) electrons. The standard InChI is InChI=1S/C17H29N5O/c1-11(2)14-9-16(21-17(20-14)12(3)4)19-13-5-7-22(8-6-13)10-15(18)23/h9,11-13H,5-8,10H2,1-4H3,(H2,18,23)(H,19,20,21). The third kappa shape index (κ3) is 5.16. The minimum Gasteiger partial charge on any atom is -0.369 e. The molecule has 1 aliphatic rings. The molecule has 1 aliphatic heterocycles. The number of hydrogen-bond acceptors (Lipinski definition) is 5. The van der Waals surface area contributed by atoms with E-state index in [0.29, 0.717) is 24.4 Å². The molecule has 3 N–H and O–H groups in total. The molecule has 128 valence electrons. The predicted octanol–water partition coefficient (Wildman–Crippen LogP) is 2.08. The van der Waals surface area contributed by atoms with Gasteiger partial charge in [0.15, 0.2) is 0 Å². The first-order valence-electron chi connectivity index (χ1n) is 8.51. The number of rotatable bonds is 6. The molecule has 0 atom stereocenters. The molecular weight excluding hydrogens is 290 g/mol. The van der Waals surface area contributed by atoms with Gasteiger partial charge in [-0.15, -0.1) is 0 Å². The minimum absolute atomic E-state index is 0.254. The van der Waals surface area contributed by atoms with Gasteiger partial charge in [0, 0.05) is 36.8 Å². The van der Waals surface area contributed by atoms with Gasteiger partial charge in [-0.25, -0.2) is 9.97 Å². The van der Waals surface area contributed by atoms with Crippen molar-refractivity contribution in [1.29, 1.82) is 0 Å². The Morgan fingerprint density at radius 2 is 1.91 bits per heavy atom. The van der Waals surface area contributed by atoms with Crippen LogP contribution in [0, 0.1) is 0 Å². The number of nitrogens with two attached hydrogens (primary N) is 1. The number of primary amides is 1. The van der Waals surface area contributed by atoms with Gasteiger partial charge in [0.1, 0.15) is 11.6 Å². The summed E-state index contributed by atoms with van der Waals surface area (Å²) < 4.78 is 0. The monoisotopic (exact) mass is 319 g/mol. The SMILES string of the molecule is CC(C)c1cc(NC2CCN(CC(N)=O)CC2)nc(C(C)C)n1. The third-order valence-electron chi connectivity index (χ3n) is 4.19. The Labute approximate surface area is 138 Å². The molecule has 0 saturated carbocycles. The molecule has 1 fully saturated rings. The highest BCUT2D eigenvalue weighted by molar-refractivity contribution is 5.75. The van der Waals surface area contributed by atoms with Crippen molar-refractivity contribution in [3.05, 3.63) is 17.6 Å². The lowest BCUT2D eigenvalue weighted by atomic mass is 10.0. The second-order valence-electron chi connectivity index (χ2n) is 7.01. The van der Waals surface area contributed by atoms with Crippen molar-refractivity contribution < 1.29 is 4.79 Å². The van der Waals surface area contributed by atoms with Crippen LogP contribution in [-0.4, -0.2) is 46.5 Å². The summed E-state index contributed by atoms with van der Waals surface area (Å²) in [6, 6.07) is 2.45. The number of carbonyl (C=O) groups is 1. The zero-order chi connectivity index (χ0) is 17.0. The predicted molar refractivity (Wildman–Crippen MR) is 92.5 cm³/mol. The first-order chi connectivity index (χ1) is 10.8. The van der Waals surface area contributed by atoms with E-state index in [2.05, 4.69) is 53.9 Å². The van der Waals surface area contributed by atoms with E-state index in [1.807, 2.05) is 0 Å². The second-order valence-corrected chi connectivity index (χ2v) is 7.01. The molecule has 2 rings (SSSR count). The number of hydrogen-bond donors (Lipinski definition) is 2. The summed E-state index contributed by atoms with van der Waals surface area (Å²) >= 11 is 0. The Bertz CT molecular complexity index is 510. The zero-order valence-corrected chi connectivity index (χ0v) is 14.7. The maximum absolute atomic E-state index is 11.0. The van der Waals surface area contributed by atoms with E-state index in [9.17, 15) is 4.79 Å². The highest BCUT2D eigenvalue weighted by atomic mass is 16.1. The van der Waals surface area contributed by atoms with Gasteiger partial charge in [-0.3, -0.25) is 9.69 Å². The summed E-state index contributed by atoms with van der Waals surface area (Å²) in [5, 5.41) is 3.55. The van der Waals surface area contributed by atoms with Crippen molar-refractivity contribution in [3.8, 4) is 0 Å². The van der Waals surface area contributed by atoms with Crippen LogP contribution in [0.3, 0.4) is 0 Å². The molecule has 0 unspecified atom stereocenters. The van der Waals surface area contributed by atoms with Gasteiger partial charge < -0.3 is 11.1 Å². The molecule has 6 heteroatoms. The van der Waals surface area contributed by atoms with Crippen LogP contribution in [0.1, 0.15) is 63.9 Å². The Balaban J connectivity index is 2.01. The van der Waals surface area contributed by atoms with E-state index in [0.717, 1.165) is 43.3 Å². The summed E-state index contributed by atoms with van der Waals surface area (Å²) in [6.07, 6.45) is 1.98. The summed E-state index contributed by atoms with van der Waals surface area (Å²) in [6.45, 7) is 10.7. The summed E-state index contributed by atoms with van der Waals surface area (Å²) in [7, 11) is 0. The summed E-state index contributed by atoms with van der Waals surface area (Å²) in [5.41, 5.74) is 6.34. The largest absolute Gasteiger partial charge is 0.369 e. The average Bonchev–Trinajstić information content (AvgIpc) is 2.48. The van der Waals surface area contributed by atoms with Crippen LogP contribution >= 0.6 is 0 Å². The Kier molecular flexibility index (Phi) is 5.93. The molecule has 1 saturated heterocycles. The lowest BCUT2D eigenvalue weighted by Gasteiger charge is -2.31. The summed E-state index contributed by atoms with van der Waals surface area (Å²) in [5.74, 6) is 2.25. The van der Waals surface area contributed by atoms with Gasteiger partial charge in [0.25, 0.3) is 0 Å². The Morgan fingerprint density at radius 3 is 2.43 bits per heavy atom. The fourth-order valence-electron chi connectivity index (χ4n) is 2.78. The number of anilines is 1. The molecule has 1 amide bonds. The number of amides is 1. The van der Waals surface area contributed by atoms with Gasteiger partial charge in [0.05, 0.1) is 6.54 Å². The van der Waals surface area contributed by atoms with Gasteiger partial charge in [-0.1, -0.05) is 27.7 Å². The molecule has 6 nitrogen and oxygen atoms in total. The fraction of sp³-hybridized carbons (Fsp3) is 0.706. The van der Waals surface area contributed by atoms with Crippen molar-refractivity contribution in [2.45, 2.75) is 58.4 Å². The minimum atomic E-state index is -0.254. The number of carbonyl (C=O) groups excluding carboxylic acids is 1. The molecule has 0 spiro atoms. The van der Waals surface area contributed by atoms with Crippen molar-refractivity contribution >= 4 is 11.7 Å². The van der Waals surface area contributed by atoms with Gasteiger partial charge in [-0.05, 0) is 18.8 Å². The van der Waals surface area contributed by atoms with Gasteiger partial charge in [-0.2, -0.15) is 0 Å². The third-order valence-corrected chi connectivity index (χ3v) is 4.19. The topological polar surface area (TPSA) is 84.1 Å². The fourth-order valence-corrected chi connectivity index (χ4v) is 2.78. The molecule has 0 aromatic carbocycles. The van der Waals surface area contributed by atoms with E-state index in [-0.39, 0.29) is 5.91 Å². The van der Waals surface area contributed by atoms with E-state index in [1.54, 1.807) is 0 Å². The Hall–Kier alpha value is -1.69. The lowest BCUT2D eigenvalue weighted by molar-refractivity contribution is -0.119. The van der Waals surface area contributed by atoms with Gasteiger partial charge >= 0.3 is 0 Å². The maximum atomic E-state index is 11.0. The molecule has 1 aromatic rings. The smallest absolute Gasteiger partial charge is 0.231 e. The average molecular weight is 319 g/mol. The normalized spacial score (nSPS) is 17.0. The van der Waals surface area contributed by atoms with Crippen LogP contribution in [-0.2, 0) is 4.79 Å². The second kappa shape index (κ2) is 7.73. The molecule has 0 bridgehead atoms. The van der Waals surface area contributed by atoms with Crippen LogP contribution < -0.4 is 11.1 Å². The van der Waals surface area contributed by atoms with E-state index in [1.165, 1.54) is 0 Å². The molecule has 2 heterocycles. The zero-order valence-electron chi connectivity index (χ0n) is 14.7. The van der Waals surface area contributed by atoms with E-state index in [4.69, 9.17) is 5.73 Å². The van der Waals surface area contributed by atoms with Gasteiger partial charge in [0.2, 0.25) is 5.91 Å². The van der Waals surface area contributed by atoms with E-state index >= 15 is 0 Å². The number of nitrogens with zero attached hydrogens (tertiary/aromatic N) is 3. The number of aromatic nitrogens is 2. The van der Waals surface area contributed by atoms with Crippen molar-refractivity contribution in [3.63, 3.8) is 0 Å². The van der Waals surface area contributed by atoms with Crippen LogP contribution in [0.4, 0.5) is 5.82 Å². The van der Waals surface area contributed by atoms with Crippen molar-refractivity contribution in [1.82, 2.24) is 14.9 Å². The molecule has 23 heavy (non-hydrogen) atoms. The van der Waals surface area contributed by atoms with Crippen LogP contribution in [0.2, 0.25) is 0 Å². The first-order valence-corrected chi connectivity index (χ1v) is 8.51.